The van der Waals surface area contributed by atoms with Crippen molar-refractivity contribution in [2.75, 3.05) is 7.11 Å². The summed E-state index contributed by atoms with van der Waals surface area (Å²) in [6.45, 7) is 1.59. The first-order valence-electron chi connectivity index (χ1n) is 9.14. The summed E-state index contributed by atoms with van der Waals surface area (Å²) in [5.41, 5.74) is -3.41. The number of phenolic OH excluding ortho intramolecular Hbond substituents is 2. The van der Waals surface area contributed by atoms with Crippen LogP contribution in [-0.4, -0.2) is 49.8 Å². The monoisotopic (exact) mass is 400 g/mol. The van der Waals surface area contributed by atoms with Gasteiger partial charge in [0.25, 0.3) is 0 Å². The molecule has 0 heterocycles. The summed E-state index contributed by atoms with van der Waals surface area (Å²) < 4.78 is 5.17. The van der Waals surface area contributed by atoms with Gasteiger partial charge < -0.3 is 30.3 Å². The summed E-state index contributed by atoms with van der Waals surface area (Å²) in [4.78, 5) is 26.3. The van der Waals surface area contributed by atoms with Crippen LogP contribution in [0.25, 0.3) is 0 Å². The highest BCUT2D eigenvalue weighted by Gasteiger charge is 2.49. The molecule has 0 radical (unpaired) electrons. The third-order valence-electron chi connectivity index (χ3n) is 5.97. The van der Waals surface area contributed by atoms with Crippen molar-refractivity contribution in [2.24, 2.45) is 0 Å². The van der Waals surface area contributed by atoms with Gasteiger partial charge in [-0.25, -0.2) is 0 Å². The molecule has 152 valence electrons. The third-order valence-corrected chi connectivity index (χ3v) is 5.97. The Labute approximate surface area is 165 Å². The summed E-state index contributed by atoms with van der Waals surface area (Å²) in [7, 11) is 1.33. The SMILES string of the molecule is CC[C@@]1(O)C[C@H](O)c2c(O)c3c(c(O)c2[C@@H]1O)C(=O)c1cccc(OC)c1C3=O. The Balaban J connectivity index is 2.07. The van der Waals surface area contributed by atoms with Crippen molar-refractivity contribution >= 4 is 11.6 Å². The van der Waals surface area contributed by atoms with Gasteiger partial charge in [0, 0.05) is 23.1 Å². The number of phenols is 2. The Bertz CT molecular complexity index is 1070. The molecule has 0 amide bonds. The number of carbonyl (C=O) groups excluding carboxylic acids is 2. The van der Waals surface area contributed by atoms with Crippen LogP contribution in [0.4, 0.5) is 0 Å². The Morgan fingerprint density at radius 2 is 1.66 bits per heavy atom. The van der Waals surface area contributed by atoms with Crippen LogP contribution in [0.15, 0.2) is 18.2 Å². The van der Waals surface area contributed by atoms with Gasteiger partial charge in [-0.2, -0.15) is 0 Å². The van der Waals surface area contributed by atoms with Crippen molar-refractivity contribution in [1.29, 1.82) is 0 Å². The van der Waals surface area contributed by atoms with Gasteiger partial charge in [0.1, 0.15) is 23.4 Å². The fraction of sp³-hybridized carbons (Fsp3) is 0.333. The predicted molar refractivity (Wildman–Crippen MR) is 99.4 cm³/mol. The maximum atomic E-state index is 13.2. The van der Waals surface area contributed by atoms with E-state index < -0.39 is 52.0 Å². The fourth-order valence-corrected chi connectivity index (χ4v) is 4.36. The first-order chi connectivity index (χ1) is 13.7. The number of fused-ring (bicyclic) bond motifs is 3. The number of carbonyl (C=O) groups is 2. The smallest absolute Gasteiger partial charge is 0.202 e. The molecule has 0 spiro atoms. The summed E-state index contributed by atoms with van der Waals surface area (Å²) in [6, 6.07) is 4.40. The zero-order valence-corrected chi connectivity index (χ0v) is 15.8. The molecule has 0 saturated heterocycles. The highest BCUT2D eigenvalue weighted by molar-refractivity contribution is 6.31. The predicted octanol–water partition coefficient (Wildman–Crippen LogP) is 1.49. The lowest BCUT2D eigenvalue weighted by atomic mass is 9.71. The largest absolute Gasteiger partial charge is 0.507 e. The van der Waals surface area contributed by atoms with E-state index >= 15 is 0 Å². The first-order valence-corrected chi connectivity index (χ1v) is 9.14. The second-order valence-electron chi connectivity index (χ2n) is 7.40. The van der Waals surface area contributed by atoms with Crippen molar-refractivity contribution in [3.8, 4) is 17.2 Å². The minimum Gasteiger partial charge on any atom is -0.507 e. The van der Waals surface area contributed by atoms with Crippen LogP contribution in [-0.2, 0) is 0 Å². The summed E-state index contributed by atoms with van der Waals surface area (Å²) in [5, 5.41) is 53.6. The molecule has 0 aromatic heterocycles. The minimum absolute atomic E-state index is 0.0203. The standard InChI is InChI=1S/C21H20O8/c1-3-21(28)7-9(22)12-15(20(21)27)19(26)13-14(18(12)25)17(24)11-8(16(13)23)5-4-6-10(11)29-2/h4-6,9,20,22,25-28H,3,7H2,1-2H3/t9-,20-,21+/m0/s1. The van der Waals surface area contributed by atoms with Crippen LogP contribution in [0.3, 0.4) is 0 Å². The number of aliphatic hydroxyl groups excluding tert-OH is 2. The zero-order valence-electron chi connectivity index (χ0n) is 15.8. The van der Waals surface area contributed by atoms with E-state index in [9.17, 15) is 35.1 Å². The molecule has 8 nitrogen and oxygen atoms in total. The van der Waals surface area contributed by atoms with E-state index in [0.717, 1.165) is 0 Å². The molecular weight excluding hydrogens is 380 g/mol. The number of aromatic hydroxyl groups is 2. The van der Waals surface area contributed by atoms with Gasteiger partial charge in [-0.05, 0) is 12.5 Å². The molecule has 0 bridgehead atoms. The Hall–Kier alpha value is -2.94. The summed E-state index contributed by atoms with van der Waals surface area (Å²) in [5.74, 6) is -2.80. The molecular formula is C21H20O8. The van der Waals surface area contributed by atoms with Gasteiger partial charge in [-0.1, -0.05) is 19.1 Å². The van der Waals surface area contributed by atoms with Crippen molar-refractivity contribution < 1.29 is 39.9 Å². The maximum absolute atomic E-state index is 13.2. The second-order valence-corrected chi connectivity index (χ2v) is 7.40. The molecule has 2 aliphatic carbocycles. The van der Waals surface area contributed by atoms with Crippen LogP contribution in [0.2, 0.25) is 0 Å². The Morgan fingerprint density at radius 3 is 2.28 bits per heavy atom. The number of aliphatic hydroxyl groups is 3. The van der Waals surface area contributed by atoms with Gasteiger partial charge in [-0.15, -0.1) is 0 Å². The average Bonchev–Trinajstić information content (AvgIpc) is 2.70. The van der Waals surface area contributed by atoms with Gasteiger partial charge in [0.2, 0.25) is 5.78 Å². The molecule has 0 fully saturated rings. The molecule has 0 aliphatic heterocycles. The number of hydrogen-bond donors (Lipinski definition) is 5. The van der Waals surface area contributed by atoms with E-state index in [4.69, 9.17) is 4.74 Å². The molecule has 8 heteroatoms. The van der Waals surface area contributed by atoms with E-state index in [-0.39, 0.29) is 40.8 Å². The molecule has 5 N–H and O–H groups in total. The summed E-state index contributed by atoms with van der Waals surface area (Å²) >= 11 is 0. The summed E-state index contributed by atoms with van der Waals surface area (Å²) in [6.07, 6.45) is -3.39. The number of ether oxygens (including phenoxy) is 1. The van der Waals surface area contributed by atoms with Crippen LogP contribution in [0.5, 0.6) is 17.2 Å². The van der Waals surface area contributed by atoms with E-state index in [0.29, 0.717) is 0 Å². The molecule has 4 rings (SSSR count). The van der Waals surface area contributed by atoms with E-state index in [2.05, 4.69) is 0 Å². The lowest BCUT2D eigenvalue weighted by Gasteiger charge is -2.41. The molecule has 2 aliphatic rings. The van der Waals surface area contributed by atoms with Crippen molar-refractivity contribution in [2.45, 2.75) is 37.6 Å². The second kappa shape index (κ2) is 6.28. The molecule has 29 heavy (non-hydrogen) atoms. The molecule has 0 saturated carbocycles. The normalized spacial score (nSPS) is 25.3. The number of ketones is 2. The average molecular weight is 400 g/mol. The van der Waals surface area contributed by atoms with Gasteiger partial charge in [-0.3, -0.25) is 9.59 Å². The first kappa shape index (κ1) is 19.4. The lowest BCUT2D eigenvalue weighted by Crippen LogP contribution is -2.42. The third kappa shape index (κ3) is 2.37. The number of methoxy groups -OCH3 is 1. The quantitative estimate of drug-likeness (QED) is 0.407. The number of hydrogen-bond acceptors (Lipinski definition) is 8. The highest BCUT2D eigenvalue weighted by atomic mass is 16.5. The minimum atomic E-state index is -1.77. The van der Waals surface area contributed by atoms with Gasteiger partial charge in [0.15, 0.2) is 5.78 Å². The number of benzene rings is 2. The molecule has 2 aromatic rings. The Kier molecular flexibility index (Phi) is 4.20. The molecule has 0 unspecified atom stereocenters. The van der Waals surface area contributed by atoms with Crippen LogP contribution in [0.1, 0.15) is 74.9 Å². The number of rotatable bonds is 2. The lowest BCUT2D eigenvalue weighted by molar-refractivity contribution is -0.117. The topological polar surface area (TPSA) is 145 Å². The van der Waals surface area contributed by atoms with Crippen molar-refractivity contribution in [3.05, 3.63) is 51.6 Å². The van der Waals surface area contributed by atoms with Crippen molar-refractivity contribution in [1.82, 2.24) is 0 Å². The molecule has 2 aromatic carbocycles. The highest BCUT2D eigenvalue weighted by Crippen LogP contribution is 2.54. The van der Waals surface area contributed by atoms with E-state index in [1.807, 2.05) is 0 Å². The fourth-order valence-electron chi connectivity index (χ4n) is 4.36. The zero-order chi connectivity index (χ0) is 21.2. The van der Waals surface area contributed by atoms with Gasteiger partial charge in [0.05, 0.1) is 35.5 Å². The van der Waals surface area contributed by atoms with Crippen LogP contribution >= 0.6 is 0 Å². The van der Waals surface area contributed by atoms with E-state index in [1.54, 1.807) is 6.92 Å². The molecule has 3 atom stereocenters. The maximum Gasteiger partial charge on any atom is 0.202 e. The van der Waals surface area contributed by atoms with E-state index in [1.165, 1.54) is 25.3 Å². The van der Waals surface area contributed by atoms with Crippen molar-refractivity contribution in [3.63, 3.8) is 0 Å². The van der Waals surface area contributed by atoms with Gasteiger partial charge >= 0.3 is 0 Å². The van der Waals surface area contributed by atoms with Crippen LogP contribution < -0.4 is 4.74 Å². The van der Waals surface area contributed by atoms with Crippen LogP contribution in [0, 0.1) is 0 Å². The Morgan fingerprint density at radius 1 is 1.03 bits per heavy atom.